The Bertz CT molecular complexity index is 1120. The lowest BCUT2D eigenvalue weighted by Gasteiger charge is -2.29. The van der Waals surface area contributed by atoms with Gasteiger partial charge >= 0.3 is 14.5 Å². The molecule has 0 saturated heterocycles. The Morgan fingerprint density at radius 3 is 0.771 bits per heavy atom. The zero-order valence-corrected chi connectivity index (χ0v) is 33.8. The van der Waals surface area contributed by atoms with Crippen LogP contribution < -0.4 is 29.7 Å². The van der Waals surface area contributed by atoms with Crippen molar-refractivity contribution < 1.29 is 34.5 Å². The lowest BCUT2D eigenvalue weighted by atomic mass is 10.2. The molecule has 0 spiro atoms. The van der Waals surface area contributed by atoms with E-state index in [1.54, 1.807) is 0 Å². The molecular formula is C31H58B2Cl2F8N4S. The van der Waals surface area contributed by atoms with Crippen LogP contribution in [0, 0.1) is 0 Å². The number of rotatable bonds is 12. The highest BCUT2D eigenvalue weighted by Crippen LogP contribution is 2.45. The van der Waals surface area contributed by atoms with Gasteiger partial charge in [0.2, 0.25) is 10.7 Å². The van der Waals surface area contributed by atoms with Gasteiger partial charge in [-0.25, -0.2) is 9.15 Å². The lowest BCUT2D eigenvalue weighted by molar-refractivity contribution is 0.366. The molecule has 0 atom stereocenters. The highest BCUT2D eigenvalue weighted by Gasteiger charge is 2.44. The Balaban J connectivity index is 0. The average molecular weight is 763 g/mol. The maximum Gasteiger partial charge on any atom is 0.673 e. The largest absolute Gasteiger partial charge is 0.673 e. The van der Waals surface area contributed by atoms with Crippen molar-refractivity contribution in [2.24, 2.45) is 0 Å². The zero-order valence-electron chi connectivity index (χ0n) is 31.5. The Kier molecular flexibility index (Phi) is 21.1. The first-order chi connectivity index (χ1) is 21.5. The van der Waals surface area contributed by atoms with Gasteiger partial charge in [0.05, 0.1) is 5.34 Å². The van der Waals surface area contributed by atoms with Gasteiger partial charge in [-0.2, -0.15) is 0 Å². The fourth-order valence-electron chi connectivity index (χ4n) is 6.01. The van der Waals surface area contributed by atoms with E-state index in [1.165, 1.54) is 31.9 Å². The molecular weight excluding hydrogens is 705 g/mol. The first-order valence-corrected chi connectivity index (χ1v) is 18.3. The van der Waals surface area contributed by atoms with E-state index in [-0.39, 0.29) is 5.34 Å². The molecule has 0 saturated carbocycles. The maximum absolute atomic E-state index is 9.75. The van der Waals surface area contributed by atoms with Crippen molar-refractivity contribution >= 4 is 60.8 Å². The topological polar surface area (TPSA) is 12.5 Å². The van der Waals surface area contributed by atoms with Gasteiger partial charge in [-0.05, 0) is 111 Å². The summed E-state index contributed by atoms with van der Waals surface area (Å²) in [5.41, 5.74) is 2.95. The van der Waals surface area contributed by atoms with Crippen molar-refractivity contribution in [3.63, 3.8) is 0 Å². The Morgan fingerprint density at radius 2 is 0.646 bits per heavy atom. The van der Waals surface area contributed by atoms with E-state index in [2.05, 4.69) is 130 Å². The van der Waals surface area contributed by atoms with Crippen LogP contribution in [-0.2, 0) is 0 Å². The summed E-state index contributed by atoms with van der Waals surface area (Å²) in [6, 6.07) is 3.79. The van der Waals surface area contributed by atoms with Crippen molar-refractivity contribution in [1.82, 2.24) is 9.15 Å². The minimum Gasteiger partial charge on any atom is -0.418 e. The minimum absolute atomic E-state index is 0.194. The fraction of sp³-hybridized carbons (Fsp3) is 0.806. The number of alkyl halides is 2. The summed E-state index contributed by atoms with van der Waals surface area (Å²) in [5.74, 6) is 0. The van der Waals surface area contributed by atoms with Crippen LogP contribution in [0.15, 0.2) is 9.79 Å². The van der Waals surface area contributed by atoms with E-state index in [1.807, 2.05) is 11.8 Å². The molecule has 0 bridgehead atoms. The van der Waals surface area contributed by atoms with Crippen molar-refractivity contribution in [2.75, 3.05) is 15.1 Å². The molecule has 0 aliphatic rings. The standard InChI is InChI=1S/C30H56N4S.CH2Cl2.2BF4/c1-17(2)31(18(3)4)25-26(32(19(5)6)20(7)8)29(25)35-30-27(33(21(9)10)22(11)12)28(30)34(23(13)14)24(15)16;2-1-3;2*2-1(3,4)5/h17-24H,1-16H3;1H2;;/q+2;;2*-1. The predicted octanol–water partition coefficient (Wildman–Crippen LogP) is 10.0. The molecule has 0 fully saturated rings. The van der Waals surface area contributed by atoms with E-state index in [4.69, 9.17) is 23.2 Å². The fourth-order valence-corrected chi connectivity index (χ4v) is 7.31. The molecule has 2 aromatic rings. The van der Waals surface area contributed by atoms with Gasteiger partial charge < -0.3 is 44.3 Å². The highest BCUT2D eigenvalue weighted by molar-refractivity contribution is 8.00. The number of hydrogen-bond acceptors (Lipinski definition) is 3. The lowest BCUT2D eigenvalue weighted by Crippen LogP contribution is -2.41. The Hall–Kier alpha value is -1.08. The molecule has 4 nitrogen and oxygen atoms in total. The Morgan fingerprint density at radius 1 is 0.479 bits per heavy atom. The molecule has 0 aliphatic heterocycles. The second-order valence-corrected chi connectivity index (χ2v) is 15.5. The molecule has 48 heavy (non-hydrogen) atoms. The molecule has 0 amide bonds. The van der Waals surface area contributed by atoms with Crippen LogP contribution >= 0.6 is 35.0 Å². The number of hydrogen-bond donors (Lipinski definition) is 0. The van der Waals surface area contributed by atoms with Crippen LogP contribution in [0.1, 0.15) is 111 Å². The SMILES string of the molecule is CC(C)N(c1c(Sc2c(N(C(C)C)C(C)C)c2=[N+](C(C)C)C(C)C)c1=[N+](C(C)C)C(C)C)C(C)C.ClCCl.F[B-](F)(F)F.F[B-](F)(F)F. The van der Waals surface area contributed by atoms with E-state index in [0.717, 1.165) is 0 Å². The van der Waals surface area contributed by atoms with E-state index < -0.39 is 14.5 Å². The molecule has 2 aromatic carbocycles. The normalized spacial score (nSPS) is 12.4. The van der Waals surface area contributed by atoms with Gasteiger partial charge in [-0.15, -0.1) is 23.2 Å². The number of anilines is 2. The van der Waals surface area contributed by atoms with Crippen molar-refractivity contribution in [1.29, 1.82) is 0 Å². The van der Waals surface area contributed by atoms with E-state index >= 15 is 0 Å². The summed E-state index contributed by atoms with van der Waals surface area (Å²) in [4.78, 5) is 8.22. The molecule has 17 heteroatoms. The van der Waals surface area contributed by atoms with Crippen LogP contribution in [0.25, 0.3) is 0 Å². The second kappa shape index (κ2) is 20.7. The number of halogens is 10. The highest BCUT2D eigenvalue weighted by atomic mass is 35.5. The van der Waals surface area contributed by atoms with Gasteiger partial charge in [-0.1, -0.05) is 11.8 Å². The molecule has 0 aliphatic carbocycles. The average Bonchev–Trinajstić information content (AvgIpc) is 3.67. The molecule has 2 rings (SSSR count). The third-order valence-corrected chi connectivity index (χ3v) is 8.05. The molecule has 0 radical (unpaired) electrons. The molecule has 0 heterocycles. The maximum atomic E-state index is 9.75. The summed E-state index contributed by atoms with van der Waals surface area (Å²) in [5, 5.41) is 3.14. The third-order valence-electron chi connectivity index (χ3n) is 6.87. The van der Waals surface area contributed by atoms with Gasteiger partial charge in [-0.3, -0.25) is 0 Å². The third kappa shape index (κ3) is 17.2. The van der Waals surface area contributed by atoms with Crippen LogP contribution in [0.4, 0.5) is 45.9 Å². The Labute approximate surface area is 298 Å². The molecule has 284 valence electrons. The first kappa shape index (κ1) is 49.0. The molecule has 0 aromatic heterocycles. The number of nitrogens with zero attached hydrogens (tertiary/aromatic N) is 4. The zero-order chi connectivity index (χ0) is 38.8. The van der Waals surface area contributed by atoms with Gasteiger partial charge in [0.1, 0.15) is 45.3 Å². The predicted molar refractivity (Wildman–Crippen MR) is 195 cm³/mol. The minimum atomic E-state index is -6.00. The monoisotopic (exact) mass is 762 g/mol. The van der Waals surface area contributed by atoms with Crippen LogP contribution in [0.5, 0.6) is 0 Å². The summed E-state index contributed by atoms with van der Waals surface area (Å²) in [6.07, 6.45) is 0. The van der Waals surface area contributed by atoms with E-state index in [9.17, 15) is 34.5 Å². The first-order valence-electron chi connectivity index (χ1n) is 16.4. The van der Waals surface area contributed by atoms with Crippen LogP contribution in [-0.4, -0.2) is 68.2 Å². The molecule has 0 N–H and O–H groups in total. The summed E-state index contributed by atoms with van der Waals surface area (Å²) < 4.78 is 83.3. The van der Waals surface area contributed by atoms with Gasteiger partial charge in [0.25, 0.3) is 0 Å². The van der Waals surface area contributed by atoms with Gasteiger partial charge in [0.15, 0.2) is 0 Å². The summed E-state index contributed by atoms with van der Waals surface area (Å²) >= 11 is 11.6. The quantitative estimate of drug-likeness (QED) is 0.0925. The van der Waals surface area contributed by atoms with Crippen molar-refractivity contribution in [3.8, 4) is 0 Å². The summed E-state index contributed by atoms with van der Waals surface area (Å²) in [6.45, 7) is 37.3. The van der Waals surface area contributed by atoms with Crippen LogP contribution in [0.3, 0.4) is 0 Å². The van der Waals surface area contributed by atoms with Crippen molar-refractivity contribution in [2.45, 2.75) is 169 Å². The van der Waals surface area contributed by atoms with Gasteiger partial charge in [0, 0.05) is 24.2 Å². The molecule has 0 unspecified atom stereocenters. The summed E-state index contributed by atoms with van der Waals surface area (Å²) in [7, 11) is -12.0. The smallest absolute Gasteiger partial charge is 0.418 e. The second-order valence-electron chi connectivity index (χ2n) is 13.6. The van der Waals surface area contributed by atoms with Crippen LogP contribution in [0.2, 0.25) is 0 Å². The van der Waals surface area contributed by atoms with Crippen molar-refractivity contribution in [3.05, 3.63) is 10.7 Å². The van der Waals surface area contributed by atoms with E-state index in [0.29, 0.717) is 48.3 Å².